The summed E-state index contributed by atoms with van der Waals surface area (Å²) < 4.78 is 7.11. The van der Waals surface area contributed by atoms with Crippen LogP contribution in [-0.4, -0.2) is 21.4 Å². The maximum Gasteiger partial charge on any atom is 0.338 e. The summed E-state index contributed by atoms with van der Waals surface area (Å²) in [6, 6.07) is 13.7. The van der Waals surface area contributed by atoms with E-state index in [4.69, 9.17) is 10.5 Å². The van der Waals surface area contributed by atoms with E-state index in [1.807, 2.05) is 22.9 Å². The molecule has 0 spiro atoms. The number of imidazole rings is 1. The summed E-state index contributed by atoms with van der Waals surface area (Å²) in [6.45, 7) is 0.0726. The van der Waals surface area contributed by atoms with Crippen molar-refractivity contribution in [3.05, 3.63) is 83.9 Å². The summed E-state index contributed by atoms with van der Waals surface area (Å²) in [5.41, 5.74) is 7.67. The highest BCUT2D eigenvalue weighted by Gasteiger charge is 2.09. The average Bonchev–Trinajstić information content (AvgIpc) is 3.14. The summed E-state index contributed by atoms with van der Waals surface area (Å²) in [6.07, 6.45) is 5.18. The van der Waals surface area contributed by atoms with Gasteiger partial charge >= 0.3 is 5.97 Å². The van der Waals surface area contributed by atoms with Gasteiger partial charge in [-0.25, -0.2) is 9.78 Å². The highest BCUT2D eigenvalue weighted by atomic mass is 16.5. The van der Waals surface area contributed by atoms with Gasteiger partial charge in [-0.15, -0.1) is 0 Å². The zero-order chi connectivity index (χ0) is 16.9. The molecule has 0 fully saturated rings. The Labute approximate surface area is 138 Å². The van der Waals surface area contributed by atoms with Gasteiger partial charge in [-0.3, -0.25) is 4.79 Å². The van der Waals surface area contributed by atoms with Gasteiger partial charge in [0.1, 0.15) is 6.61 Å². The summed E-state index contributed by atoms with van der Waals surface area (Å²) >= 11 is 0. The van der Waals surface area contributed by atoms with E-state index in [0.717, 1.165) is 5.69 Å². The number of carbonyl (C=O) groups excluding carboxylic acids is 2. The van der Waals surface area contributed by atoms with Crippen molar-refractivity contribution in [3.8, 4) is 5.69 Å². The van der Waals surface area contributed by atoms with Crippen LogP contribution in [0.15, 0.2) is 67.3 Å². The molecule has 0 aliphatic carbocycles. The van der Waals surface area contributed by atoms with E-state index in [0.29, 0.717) is 16.7 Å². The van der Waals surface area contributed by atoms with Crippen molar-refractivity contribution in [2.24, 2.45) is 5.73 Å². The fourth-order valence-electron chi connectivity index (χ4n) is 2.23. The molecule has 3 aromatic rings. The molecule has 120 valence electrons. The Morgan fingerprint density at radius 3 is 2.54 bits per heavy atom. The number of nitrogens with zero attached hydrogens (tertiary/aromatic N) is 2. The molecule has 1 heterocycles. The quantitative estimate of drug-likeness (QED) is 0.731. The van der Waals surface area contributed by atoms with Crippen molar-refractivity contribution in [3.63, 3.8) is 0 Å². The molecule has 0 saturated carbocycles. The molecule has 6 nitrogen and oxygen atoms in total. The first-order valence-corrected chi connectivity index (χ1v) is 7.28. The molecule has 2 N–H and O–H groups in total. The molecule has 0 aliphatic rings. The molecule has 1 aromatic heterocycles. The Morgan fingerprint density at radius 2 is 1.88 bits per heavy atom. The van der Waals surface area contributed by atoms with Crippen LogP contribution in [0, 0.1) is 0 Å². The van der Waals surface area contributed by atoms with Crippen molar-refractivity contribution in [2.75, 3.05) is 0 Å². The second-order valence-electron chi connectivity index (χ2n) is 5.16. The lowest BCUT2D eigenvalue weighted by molar-refractivity contribution is 0.0472. The van der Waals surface area contributed by atoms with Gasteiger partial charge in [0.15, 0.2) is 0 Å². The molecule has 1 amide bonds. The molecule has 0 aliphatic heterocycles. The molecule has 0 bridgehead atoms. The highest BCUT2D eigenvalue weighted by molar-refractivity contribution is 5.93. The van der Waals surface area contributed by atoms with Crippen molar-refractivity contribution >= 4 is 11.9 Å². The van der Waals surface area contributed by atoms with E-state index in [-0.39, 0.29) is 6.61 Å². The third-order valence-electron chi connectivity index (χ3n) is 3.49. The maximum atomic E-state index is 12.1. The summed E-state index contributed by atoms with van der Waals surface area (Å²) in [7, 11) is 0. The molecule has 24 heavy (non-hydrogen) atoms. The molecule has 3 rings (SSSR count). The number of hydrogen-bond acceptors (Lipinski definition) is 4. The van der Waals surface area contributed by atoms with Crippen LogP contribution in [0.3, 0.4) is 0 Å². The third kappa shape index (κ3) is 3.49. The first kappa shape index (κ1) is 15.5. The van der Waals surface area contributed by atoms with Gasteiger partial charge in [0.25, 0.3) is 0 Å². The van der Waals surface area contributed by atoms with Crippen LogP contribution in [0.4, 0.5) is 0 Å². The number of amides is 1. The number of esters is 1. The molecule has 0 unspecified atom stereocenters. The zero-order valence-corrected chi connectivity index (χ0v) is 12.8. The van der Waals surface area contributed by atoms with Crippen molar-refractivity contribution in [1.82, 2.24) is 9.55 Å². The number of hydrogen-bond donors (Lipinski definition) is 1. The number of ether oxygens (including phenoxy) is 1. The largest absolute Gasteiger partial charge is 0.457 e. The van der Waals surface area contributed by atoms with Gasteiger partial charge in [-0.1, -0.05) is 12.1 Å². The second kappa shape index (κ2) is 6.78. The number of aromatic nitrogens is 2. The minimum Gasteiger partial charge on any atom is -0.457 e. The normalized spacial score (nSPS) is 10.3. The Kier molecular flexibility index (Phi) is 4.38. The Hall–Kier alpha value is -3.41. The van der Waals surface area contributed by atoms with E-state index in [9.17, 15) is 9.59 Å². The Bertz CT molecular complexity index is 855. The van der Waals surface area contributed by atoms with Crippen LogP contribution in [0.2, 0.25) is 0 Å². The van der Waals surface area contributed by atoms with E-state index in [2.05, 4.69) is 4.98 Å². The van der Waals surface area contributed by atoms with Crippen LogP contribution >= 0.6 is 0 Å². The van der Waals surface area contributed by atoms with Crippen molar-refractivity contribution in [2.45, 2.75) is 6.61 Å². The van der Waals surface area contributed by atoms with Gasteiger partial charge in [-0.2, -0.15) is 0 Å². The number of rotatable bonds is 5. The number of primary amides is 1. The maximum absolute atomic E-state index is 12.1. The zero-order valence-electron chi connectivity index (χ0n) is 12.8. The van der Waals surface area contributed by atoms with Crippen LogP contribution < -0.4 is 5.73 Å². The Morgan fingerprint density at radius 1 is 1.08 bits per heavy atom. The van der Waals surface area contributed by atoms with Crippen molar-refractivity contribution < 1.29 is 14.3 Å². The highest BCUT2D eigenvalue weighted by Crippen LogP contribution is 2.12. The third-order valence-corrected chi connectivity index (χ3v) is 3.49. The standard InChI is InChI=1S/C18H15N3O3/c19-17(22)15-3-1-2-13(10-15)11-24-18(23)14-4-6-16(7-5-14)21-9-8-20-12-21/h1-10,12H,11H2,(H2,19,22). The first-order chi connectivity index (χ1) is 11.6. The number of nitrogens with two attached hydrogens (primary N) is 1. The van der Waals surface area contributed by atoms with E-state index in [1.54, 1.807) is 48.9 Å². The summed E-state index contributed by atoms with van der Waals surface area (Å²) in [5, 5.41) is 0. The lowest BCUT2D eigenvalue weighted by Crippen LogP contribution is -2.11. The minimum atomic E-state index is -0.515. The van der Waals surface area contributed by atoms with Gasteiger partial charge < -0.3 is 15.0 Å². The average molecular weight is 321 g/mol. The van der Waals surface area contributed by atoms with Crippen LogP contribution in [0.25, 0.3) is 5.69 Å². The molecule has 0 atom stereocenters. The lowest BCUT2D eigenvalue weighted by Gasteiger charge is -2.07. The molecular weight excluding hydrogens is 306 g/mol. The van der Waals surface area contributed by atoms with Crippen LogP contribution in [-0.2, 0) is 11.3 Å². The predicted molar refractivity (Wildman–Crippen MR) is 87.6 cm³/mol. The van der Waals surface area contributed by atoms with Crippen LogP contribution in [0.5, 0.6) is 0 Å². The predicted octanol–water partition coefficient (Wildman–Crippen LogP) is 2.33. The number of carbonyl (C=O) groups is 2. The van der Waals surface area contributed by atoms with Crippen molar-refractivity contribution in [1.29, 1.82) is 0 Å². The van der Waals surface area contributed by atoms with E-state index < -0.39 is 11.9 Å². The van der Waals surface area contributed by atoms with Gasteiger partial charge in [0.2, 0.25) is 5.91 Å². The van der Waals surface area contributed by atoms with Crippen LogP contribution in [0.1, 0.15) is 26.3 Å². The fraction of sp³-hybridized carbons (Fsp3) is 0.0556. The van der Waals surface area contributed by atoms with Gasteiger partial charge in [0.05, 0.1) is 11.9 Å². The SMILES string of the molecule is NC(=O)c1cccc(COC(=O)c2ccc(-n3ccnc3)cc2)c1. The first-order valence-electron chi connectivity index (χ1n) is 7.28. The monoisotopic (exact) mass is 321 g/mol. The smallest absolute Gasteiger partial charge is 0.338 e. The molecule has 0 saturated heterocycles. The van der Waals surface area contributed by atoms with Gasteiger partial charge in [-0.05, 0) is 42.0 Å². The minimum absolute atomic E-state index is 0.0726. The Balaban J connectivity index is 1.65. The fourth-order valence-corrected chi connectivity index (χ4v) is 2.23. The summed E-state index contributed by atoms with van der Waals surface area (Å²) in [5.74, 6) is -0.949. The summed E-state index contributed by atoms with van der Waals surface area (Å²) in [4.78, 5) is 27.2. The van der Waals surface area contributed by atoms with E-state index >= 15 is 0 Å². The number of benzene rings is 2. The molecule has 0 radical (unpaired) electrons. The van der Waals surface area contributed by atoms with E-state index in [1.165, 1.54) is 0 Å². The molecule has 2 aromatic carbocycles. The second-order valence-corrected chi connectivity index (χ2v) is 5.16. The molecule has 6 heteroatoms. The molecular formula is C18H15N3O3. The van der Waals surface area contributed by atoms with Gasteiger partial charge in [0, 0.05) is 23.6 Å². The lowest BCUT2D eigenvalue weighted by atomic mass is 10.1. The topological polar surface area (TPSA) is 87.2 Å².